The molecule has 0 radical (unpaired) electrons. The monoisotopic (exact) mass is 251 g/mol. The van der Waals surface area contributed by atoms with Crippen LogP contribution in [-0.4, -0.2) is 18.6 Å². The molecule has 1 aromatic carbocycles. The molecule has 0 aliphatic heterocycles. The smallest absolute Gasteiger partial charge is 0.0925 e. The lowest BCUT2D eigenvalue weighted by atomic mass is 10.2. The molecule has 0 spiro atoms. The molecule has 0 aliphatic carbocycles. The van der Waals surface area contributed by atoms with Gasteiger partial charge in [-0.1, -0.05) is 17.9 Å². The van der Waals surface area contributed by atoms with Crippen molar-refractivity contribution < 1.29 is 0 Å². The minimum Gasteiger partial charge on any atom is -0.317 e. The number of benzene rings is 1. The zero-order valence-corrected chi connectivity index (χ0v) is 10.4. The molecule has 3 N–H and O–H groups in total. The van der Waals surface area contributed by atoms with E-state index in [9.17, 15) is 0 Å². The van der Waals surface area contributed by atoms with E-state index in [1.165, 1.54) is 23.9 Å². The minimum atomic E-state index is 0.727. The third-order valence-corrected chi connectivity index (χ3v) is 2.83. The molecule has 0 amide bonds. The maximum atomic E-state index is 5.26. The summed E-state index contributed by atoms with van der Waals surface area (Å²) >= 11 is 2.78. The van der Waals surface area contributed by atoms with Gasteiger partial charge in [0, 0.05) is 16.2 Å². The molecule has 0 aromatic heterocycles. The van der Waals surface area contributed by atoms with E-state index in [4.69, 9.17) is 11.6 Å². The molecule has 0 heterocycles. The van der Waals surface area contributed by atoms with Crippen molar-refractivity contribution >= 4 is 30.2 Å². The van der Waals surface area contributed by atoms with Crippen molar-refractivity contribution in [3.05, 3.63) is 29.8 Å². The van der Waals surface area contributed by atoms with Crippen LogP contribution < -0.4 is 9.86 Å². The van der Waals surface area contributed by atoms with Crippen molar-refractivity contribution in [1.82, 2.24) is 4.72 Å². The van der Waals surface area contributed by atoms with Crippen molar-refractivity contribution in [2.24, 2.45) is 10.1 Å². The van der Waals surface area contributed by atoms with Gasteiger partial charge in [0.1, 0.15) is 0 Å². The third-order valence-electron chi connectivity index (χ3n) is 1.68. The first-order valence-electron chi connectivity index (χ1n) is 4.66. The van der Waals surface area contributed by atoms with Gasteiger partial charge in [0.15, 0.2) is 0 Å². The zero-order chi connectivity index (χ0) is 11.6. The van der Waals surface area contributed by atoms with E-state index in [2.05, 4.69) is 15.6 Å². The number of rotatable bonds is 6. The second-order valence-corrected chi connectivity index (χ2v) is 4.45. The van der Waals surface area contributed by atoms with Crippen LogP contribution in [0.2, 0.25) is 0 Å². The second kappa shape index (κ2) is 8.11. The highest BCUT2D eigenvalue weighted by Crippen LogP contribution is 2.13. The maximum absolute atomic E-state index is 5.26. The molecule has 3 nitrogen and oxygen atoms in total. The Labute approximate surface area is 105 Å². The lowest BCUT2D eigenvalue weighted by Crippen LogP contribution is -2.00. The van der Waals surface area contributed by atoms with E-state index in [0.29, 0.717) is 0 Å². The maximum Gasteiger partial charge on any atom is 0.0925 e. The molecule has 0 fully saturated rings. The standard InChI is InChI=1S/C11H13N3S2/c1-2-10-3-5-11(6-4-10)16-14-9-13-7-8-15-12/h1,3-6,9H,7-8,12H2,(H,13,14). The SMILES string of the molecule is C#Cc1ccc(SNC=NCCSN)cc1. The fraction of sp³-hybridized carbons (Fsp3) is 0.182. The number of aliphatic imine (C=N–C) groups is 1. The topological polar surface area (TPSA) is 50.4 Å². The first-order chi connectivity index (χ1) is 7.86. The summed E-state index contributed by atoms with van der Waals surface area (Å²) in [6, 6.07) is 7.76. The highest BCUT2D eigenvalue weighted by Gasteiger charge is 1.91. The summed E-state index contributed by atoms with van der Waals surface area (Å²) in [7, 11) is 0. The predicted octanol–water partition coefficient (Wildman–Crippen LogP) is 1.90. The first-order valence-corrected chi connectivity index (χ1v) is 6.52. The fourth-order valence-corrected chi connectivity index (χ4v) is 1.67. The number of nitrogens with one attached hydrogen (secondary N) is 1. The van der Waals surface area contributed by atoms with Crippen LogP contribution in [0, 0.1) is 12.3 Å². The Kier molecular flexibility index (Phi) is 6.58. The van der Waals surface area contributed by atoms with Gasteiger partial charge >= 0.3 is 0 Å². The fourth-order valence-electron chi connectivity index (χ4n) is 0.921. The zero-order valence-electron chi connectivity index (χ0n) is 8.72. The van der Waals surface area contributed by atoms with Gasteiger partial charge in [-0.3, -0.25) is 10.1 Å². The Morgan fingerprint density at radius 2 is 2.19 bits per heavy atom. The lowest BCUT2D eigenvalue weighted by molar-refractivity contribution is 1.14. The second-order valence-electron chi connectivity index (χ2n) is 2.79. The Morgan fingerprint density at radius 3 is 2.81 bits per heavy atom. The summed E-state index contributed by atoms with van der Waals surface area (Å²) in [4.78, 5) is 5.22. The van der Waals surface area contributed by atoms with Gasteiger partial charge in [-0.2, -0.15) is 0 Å². The molecule has 0 saturated carbocycles. The summed E-state index contributed by atoms with van der Waals surface area (Å²) in [6.07, 6.45) is 6.94. The highest BCUT2D eigenvalue weighted by atomic mass is 32.2. The number of nitrogens with zero attached hydrogens (tertiary/aromatic N) is 1. The summed E-state index contributed by atoms with van der Waals surface area (Å²) < 4.78 is 3.02. The van der Waals surface area contributed by atoms with Gasteiger partial charge in [-0.15, -0.1) is 6.42 Å². The van der Waals surface area contributed by atoms with Gasteiger partial charge in [-0.05, 0) is 36.2 Å². The molecule has 0 atom stereocenters. The van der Waals surface area contributed by atoms with Crippen molar-refractivity contribution in [2.75, 3.05) is 12.3 Å². The largest absolute Gasteiger partial charge is 0.317 e. The van der Waals surface area contributed by atoms with Crippen LogP contribution in [0.25, 0.3) is 0 Å². The van der Waals surface area contributed by atoms with Gasteiger partial charge in [0.05, 0.1) is 12.9 Å². The average molecular weight is 251 g/mol. The molecule has 1 aromatic rings. The van der Waals surface area contributed by atoms with Crippen LogP contribution in [0.1, 0.15) is 5.56 Å². The van der Waals surface area contributed by atoms with E-state index in [0.717, 1.165) is 22.8 Å². The van der Waals surface area contributed by atoms with Gasteiger partial charge in [0.25, 0.3) is 0 Å². The Hall–Kier alpha value is -1.09. The summed E-state index contributed by atoms with van der Waals surface area (Å²) in [6.45, 7) is 0.727. The molecular weight excluding hydrogens is 238 g/mol. The number of hydrogen-bond donors (Lipinski definition) is 2. The Bertz CT molecular complexity index is 368. The van der Waals surface area contributed by atoms with Gasteiger partial charge < -0.3 is 4.72 Å². The summed E-state index contributed by atoms with van der Waals surface area (Å²) in [5.74, 6) is 3.41. The summed E-state index contributed by atoms with van der Waals surface area (Å²) in [5.41, 5.74) is 0.887. The van der Waals surface area contributed by atoms with Crippen LogP contribution in [0.4, 0.5) is 0 Å². The Morgan fingerprint density at radius 1 is 1.44 bits per heavy atom. The molecular formula is C11H13N3S2. The van der Waals surface area contributed by atoms with Crippen molar-refractivity contribution in [3.63, 3.8) is 0 Å². The van der Waals surface area contributed by atoms with E-state index < -0.39 is 0 Å². The molecule has 0 saturated heterocycles. The molecule has 5 heteroatoms. The van der Waals surface area contributed by atoms with Gasteiger partial charge in [0.2, 0.25) is 0 Å². The predicted molar refractivity (Wildman–Crippen MR) is 73.4 cm³/mol. The first kappa shape index (κ1) is 13.0. The molecule has 1 rings (SSSR count). The van der Waals surface area contributed by atoms with Crippen LogP contribution >= 0.6 is 23.9 Å². The molecule has 0 unspecified atom stereocenters. The Balaban J connectivity index is 2.27. The van der Waals surface area contributed by atoms with Crippen LogP contribution in [0.5, 0.6) is 0 Å². The lowest BCUT2D eigenvalue weighted by Gasteiger charge is -1.99. The summed E-state index contributed by atoms with van der Waals surface area (Å²) in [5, 5.41) is 5.26. The van der Waals surface area contributed by atoms with Crippen molar-refractivity contribution in [2.45, 2.75) is 4.90 Å². The number of terminal acetylenes is 1. The van der Waals surface area contributed by atoms with Crippen LogP contribution in [-0.2, 0) is 0 Å². The quantitative estimate of drug-likeness (QED) is 0.266. The molecule has 0 bridgehead atoms. The van der Waals surface area contributed by atoms with Crippen LogP contribution in [0.3, 0.4) is 0 Å². The molecule has 16 heavy (non-hydrogen) atoms. The van der Waals surface area contributed by atoms with Crippen molar-refractivity contribution in [3.8, 4) is 12.3 Å². The number of nitrogens with two attached hydrogens (primary N) is 1. The molecule has 84 valence electrons. The average Bonchev–Trinajstić information content (AvgIpc) is 2.34. The normalized spacial score (nSPS) is 10.2. The third kappa shape index (κ3) is 5.12. The van der Waals surface area contributed by atoms with Crippen molar-refractivity contribution in [1.29, 1.82) is 0 Å². The molecule has 0 aliphatic rings. The van der Waals surface area contributed by atoms with Crippen LogP contribution in [0.15, 0.2) is 34.2 Å². The minimum absolute atomic E-state index is 0.727. The van der Waals surface area contributed by atoms with E-state index in [1.807, 2.05) is 24.3 Å². The number of hydrogen-bond acceptors (Lipinski definition) is 4. The van der Waals surface area contributed by atoms with E-state index >= 15 is 0 Å². The van der Waals surface area contributed by atoms with Gasteiger partial charge in [-0.25, -0.2) is 0 Å². The highest BCUT2D eigenvalue weighted by molar-refractivity contribution is 7.98. The van der Waals surface area contributed by atoms with E-state index in [-0.39, 0.29) is 0 Å². The van der Waals surface area contributed by atoms with E-state index in [1.54, 1.807) is 6.34 Å².